The van der Waals surface area contributed by atoms with Gasteiger partial charge in [-0.1, -0.05) is 0 Å². The van der Waals surface area contributed by atoms with Crippen molar-refractivity contribution in [3.63, 3.8) is 0 Å². The van der Waals surface area contributed by atoms with Gasteiger partial charge in [0.15, 0.2) is 10.8 Å². The Labute approximate surface area is 132 Å². The van der Waals surface area contributed by atoms with Crippen LogP contribution in [0.5, 0.6) is 0 Å². The second-order valence-electron chi connectivity index (χ2n) is 4.67. The molecule has 5 nitrogen and oxygen atoms in total. The summed E-state index contributed by atoms with van der Waals surface area (Å²) in [6.07, 6.45) is -3.33. The molecule has 1 N–H and O–H groups in total. The van der Waals surface area contributed by atoms with Crippen LogP contribution in [0.1, 0.15) is 29.2 Å². The maximum atomic E-state index is 12.8. The summed E-state index contributed by atoms with van der Waals surface area (Å²) >= 11 is 0.843. The highest BCUT2D eigenvalue weighted by atomic mass is 32.1. The predicted molar refractivity (Wildman–Crippen MR) is 76.7 cm³/mol. The lowest BCUT2D eigenvalue weighted by Gasteiger charge is -2.12. The summed E-state index contributed by atoms with van der Waals surface area (Å²) < 4.78 is 51.6. The van der Waals surface area contributed by atoms with Gasteiger partial charge in [-0.05, 0) is 32.0 Å². The molecule has 0 radical (unpaired) electrons. The first-order valence-corrected chi connectivity index (χ1v) is 7.21. The SMILES string of the molecule is Cc1cc(C(F)(F)F)nn1C(C)C(=O)NN=Cc1ccc(F)s1. The molecule has 0 spiro atoms. The van der Waals surface area contributed by atoms with Crippen molar-refractivity contribution in [3.05, 3.63) is 39.6 Å². The predicted octanol–water partition coefficient (Wildman–Crippen LogP) is 3.12. The quantitative estimate of drug-likeness (QED) is 0.524. The Bertz CT molecular complexity index is 735. The van der Waals surface area contributed by atoms with Crippen LogP contribution in [0.3, 0.4) is 0 Å². The fourth-order valence-electron chi connectivity index (χ4n) is 1.78. The van der Waals surface area contributed by atoms with Crippen molar-refractivity contribution in [2.75, 3.05) is 0 Å². The average molecular weight is 348 g/mol. The highest BCUT2D eigenvalue weighted by Crippen LogP contribution is 2.29. The van der Waals surface area contributed by atoms with Crippen molar-refractivity contribution in [2.45, 2.75) is 26.1 Å². The first-order chi connectivity index (χ1) is 10.7. The molecule has 10 heteroatoms. The number of nitrogens with one attached hydrogen (secondary N) is 1. The lowest BCUT2D eigenvalue weighted by atomic mass is 10.3. The minimum atomic E-state index is -4.58. The molecule has 0 saturated heterocycles. The number of hydrogen-bond acceptors (Lipinski definition) is 4. The van der Waals surface area contributed by atoms with Gasteiger partial charge in [0.1, 0.15) is 6.04 Å². The zero-order chi connectivity index (χ0) is 17.2. The Kier molecular flexibility index (Phi) is 4.83. The summed E-state index contributed by atoms with van der Waals surface area (Å²) in [6, 6.07) is 2.61. The van der Waals surface area contributed by atoms with E-state index in [1.54, 1.807) is 0 Å². The molecule has 0 saturated carbocycles. The fraction of sp³-hybridized carbons (Fsp3) is 0.308. The Balaban J connectivity index is 2.05. The Morgan fingerprint density at radius 2 is 2.17 bits per heavy atom. The van der Waals surface area contributed by atoms with Gasteiger partial charge < -0.3 is 0 Å². The van der Waals surface area contributed by atoms with E-state index in [1.807, 2.05) is 0 Å². The third-order valence-corrected chi connectivity index (χ3v) is 3.73. The third kappa shape index (κ3) is 4.15. The molecule has 2 heterocycles. The number of hydrazone groups is 1. The van der Waals surface area contributed by atoms with Crippen LogP contribution < -0.4 is 5.43 Å². The van der Waals surface area contributed by atoms with Crippen LogP contribution in [-0.4, -0.2) is 21.9 Å². The van der Waals surface area contributed by atoms with Crippen molar-refractivity contribution in [2.24, 2.45) is 5.10 Å². The van der Waals surface area contributed by atoms with E-state index in [1.165, 1.54) is 32.2 Å². The molecule has 0 aliphatic rings. The highest BCUT2D eigenvalue weighted by Gasteiger charge is 2.35. The summed E-state index contributed by atoms with van der Waals surface area (Å²) in [5, 5.41) is 6.65. The van der Waals surface area contributed by atoms with Crippen molar-refractivity contribution < 1.29 is 22.4 Å². The largest absolute Gasteiger partial charge is 0.435 e. The number of carbonyl (C=O) groups is 1. The molecular weight excluding hydrogens is 336 g/mol. The number of thiophene rings is 1. The van der Waals surface area contributed by atoms with E-state index in [9.17, 15) is 22.4 Å². The number of rotatable bonds is 4. The zero-order valence-corrected chi connectivity index (χ0v) is 12.9. The lowest BCUT2D eigenvalue weighted by molar-refractivity contribution is -0.142. The maximum absolute atomic E-state index is 12.8. The van der Waals surface area contributed by atoms with Gasteiger partial charge in [0.2, 0.25) is 0 Å². The summed E-state index contributed by atoms with van der Waals surface area (Å²) in [7, 11) is 0. The number of hydrogen-bond donors (Lipinski definition) is 1. The van der Waals surface area contributed by atoms with Crippen LogP contribution in [0.2, 0.25) is 0 Å². The Hall–Kier alpha value is -2.23. The van der Waals surface area contributed by atoms with Crippen LogP contribution in [0, 0.1) is 12.1 Å². The van der Waals surface area contributed by atoms with Crippen LogP contribution in [-0.2, 0) is 11.0 Å². The molecule has 0 fully saturated rings. The van der Waals surface area contributed by atoms with Gasteiger partial charge in [0.05, 0.1) is 11.1 Å². The smallest absolute Gasteiger partial charge is 0.271 e. The van der Waals surface area contributed by atoms with Crippen LogP contribution in [0.4, 0.5) is 17.6 Å². The molecule has 2 rings (SSSR count). The number of aryl methyl sites for hydroxylation is 1. The number of amides is 1. The first kappa shape index (κ1) is 17.1. The van der Waals surface area contributed by atoms with Gasteiger partial charge in [0.25, 0.3) is 5.91 Å². The minimum absolute atomic E-state index is 0.198. The van der Waals surface area contributed by atoms with Gasteiger partial charge >= 0.3 is 6.18 Å². The van der Waals surface area contributed by atoms with Crippen molar-refractivity contribution >= 4 is 23.5 Å². The van der Waals surface area contributed by atoms with Crippen molar-refractivity contribution in [1.29, 1.82) is 0 Å². The van der Waals surface area contributed by atoms with Crippen LogP contribution in [0.15, 0.2) is 23.3 Å². The zero-order valence-electron chi connectivity index (χ0n) is 12.1. The summed E-state index contributed by atoms with van der Waals surface area (Å²) in [6.45, 7) is 2.82. The molecular formula is C13H12F4N4OS. The average Bonchev–Trinajstić information content (AvgIpc) is 3.03. The number of nitrogens with zero attached hydrogens (tertiary/aromatic N) is 3. The molecule has 0 aliphatic heterocycles. The van der Waals surface area contributed by atoms with Gasteiger partial charge in [-0.15, -0.1) is 11.3 Å². The van der Waals surface area contributed by atoms with E-state index in [2.05, 4.69) is 15.6 Å². The third-order valence-electron chi connectivity index (χ3n) is 2.92. The summed E-state index contributed by atoms with van der Waals surface area (Å²) in [4.78, 5) is 12.4. The molecule has 2 aromatic heterocycles. The van der Waals surface area contributed by atoms with Gasteiger partial charge in [0, 0.05) is 5.69 Å². The molecule has 23 heavy (non-hydrogen) atoms. The number of carbonyl (C=O) groups excluding carboxylic acids is 1. The normalized spacial score (nSPS) is 13.5. The summed E-state index contributed by atoms with van der Waals surface area (Å²) in [5.41, 5.74) is 1.32. The van der Waals surface area contributed by atoms with Gasteiger partial charge in [-0.25, -0.2) is 5.43 Å². The Morgan fingerprint density at radius 3 is 2.70 bits per heavy atom. The van der Waals surface area contributed by atoms with E-state index in [0.717, 1.165) is 22.1 Å². The molecule has 0 aromatic carbocycles. The first-order valence-electron chi connectivity index (χ1n) is 6.40. The van der Waals surface area contributed by atoms with Gasteiger partial charge in [-0.2, -0.15) is 27.8 Å². The molecule has 0 bridgehead atoms. The minimum Gasteiger partial charge on any atom is -0.271 e. The second-order valence-corrected chi connectivity index (χ2v) is 5.73. The van der Waals surface area contributed by atoms with E-state index in [4.69, 9.17) is 0 Å². The number of halogens is 4. The van der Waals surface area contributed by atoms with Gasteiger partial charge in [-0.3, -0.25) is 9.48 Å². The van der Waals surface area contributed by atoms with E-state index in [-0.39, 0.29) is 5.69 Å². The standard InChI is InChI=1S/C13H12F4N4OS/c1-7-5-10(13(15,16)17)20-21(7)8(2)12(22)19-18-6-9-3-4-11(14)23-9/h3-6,8H,1-2H3,(H,19,22). The molecule has 0 aliphatic carbocycles. The highest BCUT2D eigenvalue weighted by molar-refractivity contribution is 7.12. The van der Waals surface area contributed by atoms with E-state index < -0.39 is 29.0 Å². The van der Waals surface area contributed by atoms with Crippen LogP contribution in [0.25, 0.3) is 0 Å². The molecule has 1 amide bonds. The van der Waals surface area contributed by atoms with Crippen molar-refractivity contribution in [1.82, 2.24) is 15.2 Å². The fourth-order valence-corrected chi connectivity index (χ4v) is 2.38. The molecule has 2 aromatic rings. The number of aromatic nitrogens is 2. The molecule has 124 valence electrons. The van der Waals surface area contributed by atoms with E-state index >= 15 is 0 Å². The second kappa shape index (κ2) is 6.49. The number of alkyl halides is 3. The molecule has 1 unspecified atom stereocenters. The molecule has 1 atom stereocenters. The van der Waals surface area contributed by atoms with E-state index in [0.29, 0.717) is 4.88 Å². The van der Waals surface area contributed by atoms with Crippen molar-refractivity contribution in [3.8, 4) is 0 Å². The monoisotopic (exact) mass is 348 g/mol. The lowest BCUT2D eigenvalue weighted by Crippen LogP contribution is -2.28. The van der Waals surface area contributed by atoms with Crippen LogP contribution >= 0.6 is 11.3 Å². The topological polar surface area (TPSA) is 59.3 Å². The maximum Gasteiger partial charge on any atom is 0.435 e. The summed E-state index contributed by atoms with van der Waals surface area (Å²) in [5.74, 6) is -0.641. The Morgan fingerprint density at radius 1 is 1.48 bits per heavy atom.